The van der Waals surface area contributed by atoms with Crippen LogP contribution in [0.2, 0.25) is 0 Å². The smallest absolute Gasteiger partial charge is 0.326 e. The Morgan fingerprint density at radius 3 is 2.12 bits per heavy atom. The number of carbonyl (C=O) groups excluding carboxylic acids is 2. The second-order valence-corrected chi connectivity index (χ2v) is 4.87. The first kappa shape index (κ1) is 14.4. The number of hydrogen-bond acceptors (Lipinski definition) is 3. The summed E-state index contributed by atoms with van der Waals surface area (Å²) in [7, 11) is 0. The highest BCUT2D eigenvalue weighted by Gasteiger charge is 2.24. The lowest BCUT2D eigenvalue weighted by Crippen LogP contribution is -2.44. The van der Waals surface area contributed by atoms with Gasteiger partial charge in [0.15, 0.2) is 0 Å². The second kappa shape index (κ2) is 5.48. The predicted octanol–water partition coefficient (Wildman–Crippen LogP) is -0.133. The minimum atomic E-state index is -1.26. The molecule has 0 saturated heterocycles. The quantitative estimate of drug-likeness (QED) is 0.611. The average Bonchev–Trinajstić information content (AvgIpc) is 1.97. The number of nitrogens with two attached hydrogens (primary N) is 1. The molecule has 0 heterocycles. The number of nitrogens with one attached hydrogen (secondary N) is 1. The Morgan fingerprint density at radius 2 is 1.81 bits per heavy atom. The maximum absolute atomic E-state index is 11.4. The van der Waals surface area contributed by atoms with Gasteiger partial charge in [-0.05, 0) is 5.41 Å². The summed E-state index contributed by atoms with van der Waals surface area (Å²) in [5.41, 5.74) is 4.64. The van der Waals surface area contributed by atoms with E-state index in [1.807, 2.05) is 20.8 Å². The Morgan fingerprint density at radius 1 is 1.31 bits per heavy atom. The molecule has 0 fully saturated rings. The van der Waals surface area contributed by atoms with Crippen molar-refractivity contribution < 1.29 is 19.5 Å². The molecule has 0 aromatic rings. The number of rotatable bonds is 5. The number of primary amides is 1. The molecule has 0 aliphatic rings. The molecule has 16 heavy (non-hydrogen) atoms. The van der Waals surface area contributed by atoms with Gasteiger partial charge in [0.1, 0.15) is 6.04 Å². The molecule has 0 spiro atoms. The Labute approximate surface area is 94.2 Å². The van der Waals surface area contributed by atoms with Crippen molar-refractivity contribution in [2.24, 2.45) is 11.1 Å². The maximum atomic E-state index is 11.4. The average molecular weight is 230 g/mol. The largest absolute Gasteiger partial charge is 0.480 e. The lowest BCUT2D eigenvalue weighted by atomic mass is 9.92. The van der Waals surface area contributed by atoms with E-state index in [0.717, 1.165) is 0 Å². The van der Waals surface area contributed by atoms with Crippen LogP contribution in [0.15, 0.2) is 0 Å². The van der Waals surface area contributed by atoms with Crippen molar-refractivity contribution in [2.75, 3.05) is 0 Å². The Hall–Kier alpha value is -1.59. The van der Waals surface area contributed by atoms with E-state index in [0.29, 0.717) is 0 Å². The van der Waals surface area contributed by atoms with E-state index >= 15 is 0 Å². The summed E-state index contributed by atoms with van der Waals surface area (Å²) in [4.78, 5) is 32.7. The van der Waals surface area contributed by atoms with Gasteiger partial charge in [-0.25, -0.2) is 4.79 Å². The molecule has 0 aromatic heterocycles. The van der Waals surface area contributed by atoms with Crippen molar-refractivity contribution >= 4 is 17.8 Å². The van der Waals surface area contributed by atoms with Gasteiger partial charge in [0.05, 0.1) is 6.42 Å². The van der Waals surface area contributed by atoms with Crippen LogP contribution in [0.1, 0.15) is 33.6 Å². The van der Waals surface area contributed by atoms with Crippen molar-refractivity contribution in [3.8, 4) is 0 Å². The van der Waals surface area contributed by atoms with Crippen LogP contribution in [0.4, 0.5) is 0 Å². The summed E-state index contributed by atoms with van der Waals surface area (Å²) in [6.07, 6.45) is -0.208. The monoisotopic (exact) mass is 230 g/mol. The van der Waals surface area contributed by atoms with Crippen molar-refractivity contribution in [1.82, 2.24) is 5.32 Å². The maximum Gasteiger partial charge on any atom is 0.326 e. The third-order valence-corrected chi connectivity index (χ3v) is 1.73. The molecule has 2 amide bonds. The SMILES string of the molecule is CC(C)(C)CC(=O)NC(CC(N)=O)C(=O)O. The molecule has 0 radical (unpaired) electrons. The molecule has 0 rings (SSSR count). The molecule has 0 aromatic carbocycles. The summed E-state index contributed by atoms with van der Waals surface area (Å²) >= 11 is 0. The number of amides is 2. The normalized spacial score (nSPS) is 12.9. The molecule has 4 N–H and O–H groups in total. The number of aliphatic carboxylic acids is 1. The van der Waals surface area contributed by atoms with Crippen molar-refractivity contribution in [1.29, 1.82) is 0 Å². The summed E-state index contributed by atoms with van der Waals surface area (Å²) in [6.45, 7) is 5.57. The van der Waals surface area contributed by atoms with E-state index in [2.05, 4.69) is 5.32 Å². The highest BCUT2D eigenvalue weighted by molar-refractivity contribution is 5.88. The Bertz CT molecular complexity index is 294. The highest BCUT2D eigenvalue weighted by atomic mass is 16.4. The van der Waals surface area contributed by atoms with Crippen LogP contribution in [0.3, 0.4) is 0 Å². The zero-order chi connectivity index (χ0) is 12.9. The lowest BCUT2D eigenvalue weighted by Gasteiger charge is -2.19. The van der Waals surface area contributed by atoms with Gasteiger partial charge in [-0.2, -0.15) is 0 Å². The Balaban J connectivity index is 4.35. The van der Waals surface area contributed by atoms with Crippen LogP contribution in [0.25, 0.3) is 0 Å². The number of carboxylic acid groups (broad SMARTS) is 1. The lowest BCUT2D eigenvalue weighted by molar-refractivity contribution is -0.143. The minimum absolute atomic E-state index is 0.190. The zero-order valence-corrected chi connectivity index (χ0v) is 9.74. The summed E-state index contributed by atoms with van der Waals surface area (Å²) in [5, 5.41) is 11.0. The van der Waals surface area contributed by atoms with Crippen molar-refractivity contribution in [3.63, 3.8) is 0 Å². The zero-order valence-electron chi connectivity index (χ0n) is 9.74. The fraction of sp³-hybridized carbons (Fsp3) is 0.700. The topological polar surface area (TPSA) is 109 Å². The van der Waals surface area contributed by atoms with E-state index in [-0.39, 0.29) is 11.8 Å². The first-order valence-electron chi connectivity index (χ1n) is 4.92. The van der Waals surface area contributed by atoms with Gasteiger partial charge in [-0.3, -0.25) is 9.59 Å². The molecule has 0 saturated carbocycles. The number of carbonyl (C=O) groups is 3. The molecule has 92 valence electrons. The van der Waals surface area contributed by atoms with Gasteiger partial charge in [-0.15, -0.1) is 0 Å². The van der Waals surface area contributed by atoms with Crippen LogP contribution in [-0.2, 0) is 14.4 Å². The van der Waals surface area contributed by atoms with Gasteiger partial charge in [0.25, 0.3) is 0 Å². The highest BCUT2D eigenvalue weighted by Crippen LogP contribution is 2.17. The summed E-state index contributed by atoms with van der Waals surface area (Å²) < 4.78 is 0. The van der Waals surface area contributed by atoms with E-state index in [1.165, 1.54) is 0 Å². The summed E-state index contributed by atoms with van der Waals surface area (Å²) in [5.74, 6) is -2.43. The molecule has 6 nitrogen and oxygen atoms in total. The Kier molecular flexibility index (Phi) is 4.94. The standard InChI is InChI=1S/C10H18N2O4/c1-10(2,3)5-8(14)12-6(9(15)16)4-7(11)13/h6H,4-5H2,1-3H3,(H2,11,13)(H,12,14)(H,15,16). The van der Waals surface area contributed by atoms with Crippen LogP contribution in [-0.4, -0.2) is 28.9 Å². The third kappa shape index (κ3) is 6.80. The van der Waals surface area contributed by atoms with E-state index in [9.17, 15) is 14.4 Å². The predicted molar refractivity (Wildman–Crippen MR) is 57.4 cm³/mol. The molecule has 6 heteroatoms. The summed E-state index contributed by atoms with van der Waals surface area (Å²) in [6, 6.07) is -1.24. The molecule has 0 bridgehead atoms. The first-order chi connectivity index (χ1) is 7.11. The van der Waals surface area contributed by atoms with Gasteiger partial charge in [0.2, 0.25) is 11.8 Å². The molecular formula is C10H18N2O4. The molecular weight excluding hydrogens is 212 g/mol. The second-order valence-electron chi connectivity index (χ2n) is 4.87. The molecule has 0 aliphatic carbocycles. The van der Waals surface area contributed by atoms with Gasteiger partial charge >= 0.3 is 5.97 Å². The van der Waals surface area contributed by atoms with Crippen molar-refractivity contribution in [2.45, 2.75) is 39.7 Å². The number of hydrogen-bond donors (Lipinski definition) is 3. The van der Waals surface area contributed by atoms with Gasteiger partial charge < -0.3 is 16.2 Å². The molecule has 0 aliphatic heterocycles. The molecule has 1 atom stereocenters. The van der Waals surface area contributed by atoms with E-state index in [4.69, 9.17) is 10.8 Å². The van der Waals surface area contributed by atoms with Crippen LogP contribution in [0, 0.1) is 5.41 Å². The van der Waals surface area contributed by atoms with Gasteiger partial charge in [0, 0.05) is 6.42 Å². The third-order valence-electron chi connectivity index (χ3n) is 1.73. The van der Waals surface area contributed by atoms with Crippen LogP contribution < -0.4 is 11.1 Å². The van der Waals surface area contributed by atoms with Crippen LogP contribution in [0.5, 0.6) is 0 Å². The fourth-order valence-corrected chi connectivity index (χ4v) is 1.13. The van der Waals surface area contributed by atoms with Gasteiger partial charge in [-0.1, -0.05) is 20.8 Å². The number of carboxylic acids is 1. The fourth-order valence-electron chi connectivity index (χ4n) is 1.13. The minimum Gasteiger partial charge on any atom is -0.480 e. The van der Waals surface area contributed by atoms with Crippen LogP contribution >= 0.6 is 0 Å². The molecule has 1 unspecified atom stereocenters. The van der Waals surface area contributed by atoms with E-state index < -0.39 is 30.2 Å². The first-order valence-corrected chi connectivity index (χ1v) is 4.92. The van der Waals surface area contributed by atoms with Crippen molar-refractivity contribution in [3.05, 3.63) is 0 Å². The van der Waals surface area contributed by atoms with E-state index in [1.54, 1.807) is 0 Å².